The fourth-order valence-corrected chi connectivity index (χ4v) is 1.98. The number of hydrogen-bond donors (Lipinski definition) is 1. The van der Waals surface area contributed by atoms with Gasteiger partial charge >= 0.3 is 0 Å². The van der Waals surface area contributed by atoms with Gasteiger partial charge in [-0.15, -0.1) is 5.10 Å². The molecule has 4 nitrogen and oxygen atoms in total. The van der Waals surface area contributed by atoms with Gasteiger partial charge in [-0.3, -0.25) is 4.79 Å². The molecule has 1 heterocycles. The highest BCUT2D eigenvalue weighted by Crippen LogP contribution is 2.21. The summed E-state index contributed by atoms with van der Waals surface area (Å²) in [5.41, 5.74) is 0.218. The van der Waals surface area contributed by atoms with Crippen LogP contribution in [0.3, 0.4) is 0 Å². The van der Waals surface area contributed by atoms with Crippen molar-refractivity contribution >= 4 is 29.1 Å². The lowest BCUT2D eigenvalue weighted by atomic mass is 10.1. The summed E-state index contributed by atoms with van der Waals surface area (Å²) in [6, 6.07) is 6.06. The van der Waals surface area contributed by atoms with E-state index in [-0.39, 0.29) is 11.5 Å². The van der Waals surface area contributed by atoms with Crippen molar-refractivity contribution in [1.82, 2.24) is 5.32 Å². The highest BCUT2D eigenvalue weighted by Gasteiger charge is 2.16. The predicted octanol–water partition coefficient (Wildman–Crippen LogP) is 2.18. The number of nitrogens with zero attached hydrogens (tertiary/aromatic N) is 2. The Kier molecular flexibility index (Phi) is 4.03. The Hall–Kier alpha value is -1.76. The Bertz CT molecular complexity index is 517. The molecule has 0 radical (unpaired) electrons. The standard InChI is InChI=1S/C11H9F2N3OS/c12-10(13)8-4-2-1-3-7(8)5-14-16-11-15-9(17)6-18-11/h1-5,10H,6H2,(H,15,16,17). The molecule has 2 rings (SSSR count). The monoisotopic (exact) mass is 269 g/mol. The van der Waals surface area contributed by atoms with Gasteiger partial charge in [0.05, 0.1) is 12.0 Å². The lowest BCUT2D eigenvalue weighted by Gasteiger charge is -2.02. The maximum atomic E-state index is 12.6. The van der Waals surface area contributed by atoms with E-state index in [1.54, 1.807) is 6.07 Å². The van der Waals surface area contributed by atoms with Crippen LogP contribution >= 0.6 is 11.8 Å². The number of halogens is 2. The molecule has 1 aliphatic heterocycles. The van der Waals surface area contributed by atoms with E-state index in [2.05, 4.69) is 15.5 Å². The number of benzene rings is 1. The van der Waals surface area contributed by atoms with Crippen LogP contribution in [-0.2, 0) is 4.79 Å². The van der Waals surface area contributed by atoms with E-state index in [4.69, 9.17) is 0 Å². The van der Waals surface area contributed by atoms with Crippen molar-refractivity contribution in [3.8, 4) is 0 Å². The van der Waals surface area contributed by atoms with Crippen LogP contribution in [0.4, 0.5) is 8.78 Å². The van der Waals surface area contributed by atoms with E-state index in [0.717, 1.165) is 0 Å². The molecule has 1 amide bonds. The van der Waals surface area contributed by atoms with Gasteiger partial charge in [0, 0.05) is 11.1 Å². The van der Waals surface area contributed by atoms with Crippen molar-refractivity contribution in [3.05, 3.63) is 35.4 Å². The largest absolute Gasteiger partial charge is 0.303 e. The number of nitrogens with one attached hydrogen (secondary N) is 1. The third-order valence-corrected chi connectivity index (χ3v) is 3.03. The van der Waals surface area contributed by atoms with Crippen LogP contribution in [0.15, 0.2) is 34.5 Å². The molecule has 1 fully saturated rings. The molecule has 94 valence electrons. The number of amidine groups is 1. The van der Waals surface area contributed by atoms with Gasteiger partial charge in [-0.2, -0.15) is 5.10 Å². The Morgan fingerprint density at radius 1 is 1.39 bits per heavy atom. The van der Waals surface area contributed by atoms with E-state index in [1.807, 2.05) is 0 Å². The summed E-state index contributed by atoms with van der Waals surface area (Å²) in [6.07, 6.45) is -1.31. The van der Waals surface area contributed by atoms with Crippen LogP contribution < -0.4 is 5.32 Å². The summed E-state index contributed by atoms with van der Waals surface area (Å²) in [6.45, 7) is 0. The van der Waals surface area contributed by atoms with Gasteiger partial charge in [-0.05, 0) is 0 Å². The summed E-state index contributed by atoms with van der Waals surface area (Å²) < 4.78 is 25.3. The molecule has 0 spiro atoms. The first-order valence-corrected chi connectivity index (χ1v) is 6.06. The third-order valence-electron chi connectivity index (χ3n) is 2.16. The second-order valence-corrected chi connectivity index (χ2v) is 4.38. The topological polar surface area (TPSA) is 53.8 Å². The van der Waals surface area contributed by atoms with Crippen molar-refractivity contribution in [2.45, 2.75) is 6.43 Å². The summed E-state index contributed by atoms with van der Waals surface area (Å²) in [5.74, 6) is 0.170. The average Bonchev–Trinajstić information content (AvgIpc) is 2.75. The predicted molar refractivity (Wildman–Crippen MR) is 67.0 cm³/mol. The van der Waals surface area contributed by atoms with Crippen molar-refractivity contribution < 1.29 is 13.6 Å². The van der Waals surface area contributed by atoms with Gasteiger partial charge in [-0.25, -0.2) is 8.78 Å². The summed E-state index contributed by atoms with van der Waals surface area (Å²) in [4.78, 5) is 10.9. The number of alkyl halides is 2. The van der Waals surface area contributed by atoms with Crippen molar-refractivity contribution in [1.29, 1.82) is 0 Å². The highest BCUT2D eigenvalue weighted by molar-refractivity contribution is 8.15. The SMILES string of the molecule is O=C1CSC(=NN=Cc2ccccc2C(F)F)N1. The molecule has 1 aliphatic rings. The van der Waals surface area contributed by atoms with Crippen molar-refractivity contribution in [3.63, 3.8) is 0 Å². The number of amides is 1. The molecule has 1 N–H and O–H groups in total. The quantitative estimate of drug-likeness (QED) is 0.675. The van der Waals surface area contributed by atoms with Gasteiger partial charge in [0.25, 0.3) is 6.43 Å². The lowest BCUT2D eigenvalue weighted by molar-refractivity contribution is -0.116. The second kappa shape index (κ2) is 5.72. The molecular weight excluding hydrogens is 260 g/mol. The van der Waals surface area contributed by atoms with Crippen molar-refractivity contribution in [2.24, 2.45) is 10.2 Å². The van der Waals surface area contributed by atoms with Crippen LogP contribution in [0.25, 0.3) is 0 Å². The van der Waals surface area contributed by atoms with E-state index < -0.39 is 6.43 Å². The fourth-order valence-electron chi connectivity index (χ4n) is 1.35. The first kappa shape index (κ1) is 12.7. The number of carbonyl (C=O) groups excluding carboxylic acids is 1. The molecule has 0 atom stereocenters. The second-order valence-electron chi connectivity index (χ2n) is 3.42. The van der Waals surface area contributed by atoms with E-state index in [1.165, 1.54) is 36.2 Å². The molecule has 0 aromatic heterocycles. The van der Waals surface area contributed by atoms with Crippen LogP contribution in [0.1, 0.15) is 17.6 Å². The van der Waals surface area contributed by atoms with E-state index in [9.17, 15) is 13.6 Å². The Morgan fingerprint density at radius 3 is 2.83 bits per heavy atom. The van der Waals surface area contributed by atoms with Crippen LogP contribution in [0, 0.1) is 0 Å². The Morgan fingerprint density at radius 2 is 2.17 bits per heavy atom. The van der Waals surface area contributed by atoms with E-state index >= 15 is 0 Å². The molecule has 0 saturated carbocycles. The van der Waals surface area contributed by atoms with Gasteiger partial charge < -0.3 is 5.32 Å². The maximum Gasteiger partial charge on any atom is 0.264 e. The van der Waals surface area contributed by atoms with Gasteiger partial charge in [0.1, 0.15) is 0 Å². The lowest BCUT2D eigenvalue weighted by Crippen LogP contribution is -2.19. The van der Waals surface area contributed by atoms with E-state index in [0.29, 0.717) is 16.5 Å². The van der Waals surface area contributed by atoms with Crippen LogP contribution in [0.2, 0.25) is 0 Å². The van der Waals surface area contributed by atoms with Crippen molar-refractivity contribution in [2.75, 3.05) is 5.75 Å². The molecule has 18 heavy (non-hydrogen) atoms. The molecule has 0 aliphatic carbocycles. The Balaban J connectivity index is 2.12. The zero-order valence-corrected chi connectivity index (χ0v) is 9.95. The summed E-state index contributed by atoms with van der Waals surface area (Å²) in [7, 11) is 0. The van der Waals surface area contributed by atoms with Gasteiger partial charge in [-0.1, -0.05) is 36.0 Å². The molecule has 1 saturated heterocycles. The molecule has 0 bridgehead atoms. The molecular formula is C11H9F2N3OS. The Labute approximate surface area is 106 Å². The number of rotatable bonds is 3. The zero-order valence-electron chi connectivity index (χ0n) is 9.14. The van der Waals surface area contributed by atoms with Crippen LogP contribution in [-0.4, -0.2) is 23.0 Å². The minimum atomic E-state index is -2.55. The first-order valence-electron chi connectivity index (χ1n) is 5.07. The maximum absolute atomic E-state index is 12.6. The fraction of sp³-hybridized carbons (Fsp3) is 0.182. The molecule has 1 aromatic carbocycles. The first-order chi connectivity index (χ1) is 8.66. The minimum absolute atomic E-state index is 0.0930. The number of thioether (sulfide) groups is 1. The number of hydrogen-bond acceptors (Lipinski definition) is 4. The molecule has 1 aromatic rings. The average molecular weight is 269 g/mol. The smallest absolute Gasteiger partial charge is 0.264 e. The highest BCUT2D eigenvalue weighted by atomic mass is 32.2. The normalized spacial score (nSPS) is 17.9. The minimum Gasteiger partial charge on any atom is -0.303 e. The molecule has 7 heteroatoms. The van der Waals surface area contributed by atoms with Crippen LogP contribution in [0.5, 0.6) is 0 Å². The van der Waals surface area contributed by atoms with Gasteiger partial charge in [0.15, 0.2) is 5.17 Å². The number of carbonyl (C=O) groups is 1. The summed E-state index contributed by atoms with van der Waals surface area (Å²) >= 11 is 1.22. The van der Waals surface area contributed by atoms with Gasteiger partial charge in [0.2, 0.25) is 5.91 Å². The molecule has 0 unspecified atom stereocenters. The summed E-state index contributed by atoms with van der Waals surface area (Å²) in [5, 5.41) is 10.3. The zero-order chi connectivity index (χ0) is 13.0. The third kappa shape index (κ3) is 3.13.